The highest BCUT2D eigenvalue weighted by Gasteiger charge is 2.17. The van der Waals surface area contributed by atoms with Gasteiger partial charge >= 0.3 is 12.0 Å². The van der Waals surface area contributed by atoms with Gasteiger partial charge in [0.15, 0.2) is 0 Å². The lowest BCUT2D eigenvalue weighted by atomic mass is 10.1. The van der Waals surface area contributed by atoms with Crippen molar-refractivity contribution in [2.75, 3.05) is 7.05 Å². The number of carboxylic acids is 1. The molecule has 1 unspecified atom stereocenters. The van der Waals surface area contributed by atoms with Gasteiger partial charge in [-0.1, -0.05) is 6.92 Å². The minimum atomic E-state index is -0.913. The number of rotatable bonds is 6. The van der Waals surface area contributed by atoms with Gasteiger partial charge in [0.1, 0.15) is 0 Å². The number of aromatic nitrogens is 1. The topological polar surface area (TPSA) is 82.5 Å². The number of nitrogens with one attached hydrogen (secondary N) is 1. The number of amides is 2. The highest BCUT2D eigenvalue weighted by molar-refractivity contribution is 7.07. The van der Waals surface area contributed by atoms with Crippen LogP contribution in [0.2, 0.25) is 0 Å². The highest BCUT2D eigenvalue weighted by Crippen LogP contribution is 2.05. The molecule has 0 radical (unpaired) electrons. The Hall–Kier alpha value is -1.63. The van der Waals surface area contributed by atoms with Gasteiger partial charge in [-0.05, 0) is 6.42 Å². The molecule has 0 aliphatic rings. The molecule has 0 saturated heterocycles. The third-order valence-electron chi connectivity index (χ3n) is 2.47. The monoisotopic (exact) mass is 271 g/mol. The molecule has 0 aromatic carbocycles. The summed E-state index contributed by atoms with van der Waals surface area (Å²) in [6.07, 6.45) is 0.523. The molecule has 0 saturated carbocycles. The molecular formula is C11H17N3O3S. The van der Waals surface area contributed by atoms with E-state index < -0.39 is 5.97 Å². The molecule has 0 spiro atoms. The van der Waals surface area contributed by atoms with E-state index in [0.29, 0.717) is 13.0 Å². The summed E-state index contributed by atoms with van der Waals surface area (Å²) in [5, 5.41) is 13.3. The van der Waals surface area contributed by atoms with Gasteiger partial charge in [-0.3, -0.25) is 4.79 Å². The van der Waals surface area contributed by atoms with Crippen LogP contribution in [0, 0.1) is 0 Å². The van der Waals surface area contributed by atoms with Crippen molar-refractivity contribution in [1.82, 2.24) is 15.2 Å². The smallest absolute Gasteiger partial charge is 0.317 e. The second-order valence-corrected chi connectivity index (χ2v) is 4.71. The molecule has 1 atom stereocenters. The summed E-state index contributed by atoms with van der Waals surface area (Å²) in [5.74, 6) is -0.913. The third-order valence-corrected chi connectivity index (χ3v) is 3.11. The third kappa shape index (κ3) is 4.70. The lowest BCUT2D eigenvalue weighted by Crippen LogP contribution is -2.43. The van der Waals surface area contributed by atoms with E-state index in [1.54, 1.807) is 12.6 Å². The molecule has 0 aliphatic heterocycles. The zero-order chi connectivity index (χ0) is 13.5. The van der Waals surface area contributed by atoms with E-state index in [4.69, 9.17) is 5.11 Å². The van der Waals surface area contributed by atoms with E-state index in [1.165, 1.54) is 16.2 Å². The lowest BCUT2D eigenvalue weighted by Gasteiger charge is -2.21. The maximum atomic E-state index is 11.8. The van der Waals surface area contributed by atoms with Crippen molar-refractivity contribution >= 4 is 23.3 Å². The molecule has 1 heterocycles. The van der Waals surface area contributed by atoms with E-state index in [2.05, 4.69) is 10.3 Å². The summed E-state index contributed by atoms with van der Waals surface area (Å²) >= 11 is 1.47. The van der Waals surface area contributed by atoms with Crippen LogP contribution in [-0.4, -0.2) is 40.1 Å². The number of thiazole rings is 1. The van der Waals surface area contributed by atoms with E-state index in [1.807, 2.05) is 12.3 Å². The predicted molar refractivity (Wildman–Crippen MR) is 68.4 cm³/mol. The molecule has 2 N–H and O–H groups in total. The highest BCUT2D eigenvalue weighted by atomic mass is 32.1. The Morgan fingerprint density at radius 3 is 2.83 bits per heavy atom. The summed E-state index contributed by atoms with van der Waals surface area (Å²) < 4.78 is 0. The van der Waals surface area contributed by atoms with Crippen molar-refractivity contribution in [2.24, 2.45) is 0 Å². The van der Waals surface area contributed by atoms with Crippen LogP contribution in [0.3, 0.4) is 0 Å². The maximum Gasteiger partial charge on any atom is 0.317 e. The standard InChI is InChI=1S/C11H17N3O3S/c1-3-8(4-10(15)16)13-11(17)14(2)5-9-6-18-7-12-9/h6-8H,3-5H2,1-2H3,(H,13,17)(H,15,16). The van der Waals surface area contributed by atoms with Gasteiger partial charge in [-0.15, -0.1) is 11.3 Å². The van der Waals surface area contributed by atoms with Crippen LogP contribution in [0.5, 0.6) is 0 Å². The molecule has 0 aliphatic carbocycles. The fourth-order valence-electron chi connectivity index (χ4n) is 1.42. The van der Waals surface area contributed by atoms with Crippen LogP contribution in [0.1, 0.15) is 25.5 Å². The van der Waals surface area contributed by atoms with E-state index >= 15 is 0 Å². The second-order valence-electron chi connectivity index (χ2n) is 3.99. The zero-order valence-electron chi connectivity index (χ0n) is 10.4. The second kappa shape index (κ2) is 6.95. The first-order valence-corrected chi connectivity index (χ1v) is 6.57. The van der Waals surface area contributed by atoms with Crippen LogP contribution >= 0.6 is 11.3 Å². The first kappa shape index (κ1) is 14.4. The van der Waals surface area contributed by atoms with Crippen LogP contribution in [0.15, 0.2) is 10.9 Å². The van der Waals surface area contributed by atoms with E-state index in [9.17, 15) is 9.59 Å². The van der Waals surface area contributed by atoms with Crippen LogP contribution in [0.25, 0.3) is 0 Å². The first-order valence-electron chi connectivity index (χ1n) is 5.63. The Morgan fingerprint density at radius 1 is 1.61 bits per heavy atom. The van der Waals surface area contributed by atoms with Crippen molar-refractivity contribution in [3.05, 3.63) is 16.6 Å². The fourth-order valence-corrected chi connectivity index (χ4v) is 1.97. The molecule has 1 rings (SSSR count). The van der Waals surface area contributed by atoms with Gasteiger partial charge in [-0.25, -0.2) is 9.78 Å². The summed E-state index contributed by atoms with van der Waals surface area (Å²) in [6.45, 7) is 2.26. The molecule has 0 fully saturated rings. The maximum absolute atomic E-state index is 11.8. The summed E-state index contributed by atoms with van der Waals surface area (Å²) in [7, 11) is 1.65. The molecule has 100 valence electrons. The number of carbonyl (C=O) groups excluding carboxylic acids is 1. The summed E-state index contributed by atoms with van der Waals surface area (Å²) in [4.78, 5) is 28.0. The zero-order valence-corrected chi connectivity index (χ0v) is 11.2. The van der Waals surface area contributed by atoms with Crippen molar-refractivity contribution in [3.8, 4) is 0 Å². The number of carbonyl (C=O) groups is 2. The average molecular weight is 271 g/mol. The minimum absolute atomic E-state index is 0.0627. The van der Waals surface area contributed by atoms with Gasteiger partial charge in [0.25, 0.3) is 0 Å². The molecule has 1 aromatic heterocycles. The normalized spacial score (nSPS) is 11.9. The van der Waals surface area contributed by atoms with Gasteiger partial charge < -0.3 is 15.3 Å². The largest absolute Gasteiger partial charge is 0.481 e. The number of hydrogen-bond donors (Lipinski definition) is 2. The predicted octanol–water partition coefficient (Wildman–Crippen LogP) is 1.54. The molecule has 2 amide bonds. The van der Waals surface area contributed by atoms with Crippen LogP contribution in [0.4, 0.5) is 4.79 Å². The van der Waals surface area contributed by atoms with Crippen LogP contribution < -0.4 is 5.32 Å². The number of urea groups is 1. The SMILES string of the molecule is CCC(CC(=O)O)NC(=O)N(C)Cc1cscn1. The van der Waals surface area contributed by atoms with Gasteiger partial charge in [0.05, 0.1) is 24.2 Å². The molecule has 1 aromatic rings. The van der Waals surface area contributed by atoms with Crippen molar-refractivity contribution < 1.29 is 14.7 Å². The minimum Gasteiger partial charge on any atom is -0.481 e. The Kier molecular flexibility index (Phi) is 5.57. The molecule has 7 heteroatoms. The number of nitrogens with zero attached hydrogens (tertiary/aromatic N) is 2. The van der Waals surface area contributed by atoms with Crippen LogP contribution in [-0.2, 0) is 11.3 Å². The Morgan fingerprint density at radius 2 is 2.33 bits per heavy atom. The first-order chi connectivity index (χ1) is 8.52. The fraction of sp³-hybridized carbons (Fsp3) is 0.545. The van der Waals surface area contributed by atoms with Crippen molar-refractivity contribution in [2.45, 2.75) is 32.4 Å². The van der Waals surface area contributed by atoms with E-state index in [-0.39, 0.29) is 18.5 Å². The lowest BCUT2D eigenvalue weighted by molar-refractivity contribution is -0.137. The summed E-state index contributed by atoms with van der Waals surface area (Å²) in [6, 6.07) is -0.621. The Bertz CT molecular complexity index is 394. The molecule has 0 bridgehead atoms. The number of aliphatic carboxylic acids is 1. The Labute approximate surface area is 110 Å². The molecule has 6 nitrogen and oxygen atoms in total. The quantitative estimate of drug-likeness (QED) is 0.822. The van der Waals surface area contributed by atoms with Crippen molar-refractivity contribution in [3.63, 3.8) is 0 Å². The number of carboxylic acid groups (broad SMARTS) is 1. The van der Waals surface area contributed by atoms with Crippen molar-refractivity contribution in [1.29, 1.82) is 0 Å². The van der Waals surface area contributed by atoms with Gasteiger partial charge in [0.2, 0.25) is 0 Å². The molecular weight excluding hydrogens is 254 g/mol. The van der Waals surface area contributed by atoms with Gasteiger partial charge in [-0.2, -0.15) is 0 Å². The Balaban J connectivity index is 2.45. The summed E-state index contributed by atoms with van der Waals surface area (Å²) in [5.41, 5.74) is 2.53. The molecule has 18 heavy (non-hydrogen) atoms. The number of hydrogen-bond acceptors (Lipinski definition) is 4. The van der Waals surface area contributed by atoms with E-state index in [0.717, 1.165) is 5.69 Å². The van der Waals surface area contributed by atoms with Gasteiger partial charge in [0, 0.05) is 18.5 Å². The average Bonchev–Trinajstić information content (AvgIpc) is 2.80.